The predicted molar refractivity (Wildman–Crippen MR) is 120 cm³/mol. The Morgan fingerprint density at radius 2 is 2.09 bits per heavy atom. The van der Waals surface area contributed by atoms with Crippen molar-refractivity contribution in [1.29, 1.82) is 0 Å². The van der Waals surface area contributed by atoms with Crippen LogP contribution in [0.4, 0.5) is 0 Å². The van der Waals surface area contributed by atoms with Gasteiger partial charge in [-0.2, -0.15) is 0 Å². The van der Waals surface area contributed by atoms with E-state index < -0.39 is 0 Å². The van der Waals surface area contributed by atoms with Gasteiger partial charge in [-0.3, -0.25) is 9.78 Å². The molecule has 0 saturated carbocycles. The van der Waals surface area contributed by atoms with Crippen LogP contribution in [0.25, 0.3) is 5.65 Å². The number of benzene rings is 1. The number of carbonyl (C=O) groups is 1. The molecule has 1 aliphatic heterocycles. The summed E-state index contributed by atoms with van der Waals surface area (Å²) < 4.78 is 12.6. The number of amides is 1. The molecule has 0 spiro atoms. The van der Waals surface area contributed by atoms with Crippen LogP contribution in [-0.2, 0) is 13.0 Å². The van der Waals surface area contributed by atoms with Gasteiger partial charge in [0.15, 0.2) is 5.65 Å². The average Bonchev–Trinajstić information content (AvgIpc) is 3.40. The maximum atomic E-state index is 13.4. The summed E-state index contributed by atoms with van der Waals surface area (Å²) in [7, 11) is 0. The highest BCUT2D eigenvalue weighted by molar-refractivity contribution is 5.97. The second kappa shape index (κ2) is 9.40. The van der Waals surface area contributed by atoms with E-state index in [4.69, 9.17) is 9.37 Å². The first-order valence-corrected chi connectivity index (χ1v) is 11.2. The highest BCUT2D eigenvalue weighted by Gasteiger charge is 2.24. The quantitative estimate of drug-likeness (QED) is 0.447. The molecule has 3 aromatic heterocycles. The van der Waals surface area contributed by atoms with E-state index in [-0.39, 0.29) is 12.5 Å². The predicted octanol–water partition coefficient (Wildman–Crippen LogP) is 3.48. The lowest BCUT2D eigenvalue weighted by molar-refractivity contribution is 0.0755. The topological polar surface area (TPSA) is 98.6 Å². The molecule has 170 valence electrons. The van der Waals surface area contributed by atoms with E-state index in [9.17, 15) is 4.79 Å². The number of imidazole rings is 1. The summed E-state index contributed by atoms with van der Waals surface area (Å²) >= 11 is 0. The van der Waals surface area contributed by atoms with Crippen LogP contribution in [0.1, 0.15) is 46.7 Å². The second-order valence-corrected chi connectivity index (χ2v) is 8.45. The molecule has 33 heavy (non-hydrogen) atoms. The molecular formula is C24H26N6O3. The van der Waals surface area contributed by atoms with Crippen LogP contribution in [0, 0.1) is 12.8 Å². The van der Waals surface area contributed by atoms with Crippen molar-refractivity contribution in [1.82, 2.24) is 29.6 Å². The van der Waals surface area contributed by atoms with Crippen molar-refractivity contribution in [2.45, 2.75) is 39.2 Å². The lowest BCUT2D eigenvalue weighted by Crippen LogP contribution is -2.32. The van der Waals surface area contributed by atoms with E-state index in [0.717, 1.165) is 50.1 Å². The molecule has 1 saturated heterocycles. The normalized spacial score (nSPS) is 16.6. The summed E-state index contributed by atoms with van der Waals surface area (Å²) in [6.45, 7) is 3.47. The summed E-state index contributed by atoms with van der Waals surface area (Å²) in [5.74, 6) is 1.04. The molecule has 4 aromatic rings. The van der Waals surface area contributed by atoms with E-state index in [1.807, 2.05) is 52.9 Å². The van der Waals surface area contributed by atoms with Crippen LogP contribution < -0.4 is 4.74 Å². The van der Waals surface area contributed by atoms with Gasteiger partial charge in [0, 0.05) is 31.7 Å². The Balaban J connectivity index is 1.23. The standard InChI is InChI=1S/C24H26N6O3/c1-17-21(28-33-27-17)16-32-22-7-3-2-6-20(22)24(31)29-10-4-5-18(8-11-29)13-19-15-30-12-9-25-23(30)14-26-19/h2-3,6-7,9,12,14-15,18H,4-5,8,10-11,13,16H2,1H3/t18-/m1/s1. The van der Waals surface area contributed by atoms with Gasteiger partial charge in [0.25, 0.3) is 5.91 Å². The van der Waals surface area contributed by atoms with Crippen LogP contribution >= 0.6 is 0 Å². The number of hydrogen-bond acceptors (Lipinski definition) is 7. The third-order valence-corrected chi connectivity index (χ3v) is 6.19. The van der Waals surface area contributed by atoms with Crippen LogP contribution in [0.2, 0.25) is 0 Å². The summed E-state index contributed by atoms with van der Waals surface area (Å²) in [5.41, 5.74) is 3.78. The fourth-order valence-corrected chi connectivity index (χ4v) is 4.31. The Morgan fingerprint density at radius 3 is 2.97 bits per heavy atom. The van der Waals surface area contributed by atoms with E-state index >= 15 is 0 Å². The molecule has 5 rings (SSSR count). The molecule has 0 N–H and O–H groups in total. The highest BCUT2D eigenvalue weighted by atomic mass is 16.6. The maximum Gasteiger partial charge on any atom is 0.257 e. The molecule has 1 atom stereocenters. The van der Waals surface area contributed by atoms with Crippen LogP contribution in [0.15, 0.2) is 53.7 Å². The largest absolute Gasteiger partial charge is 0.486 e. The van der Waals surface area contributed by atoms with Gasteiger partial charge in [-0.25, -0.2) is 9.61 Å². The molecule has 9 nitrogen and oxygen atoms in total. The summed E-state index contributed by atoms with van der Waals surface area (Å²) in [4.78, 5) is 24.1. The molecule has 0 unspecified atom stereocenters. The first-order valence-electron chi connectivity index (χ1n) is 11.2. The number of ether oxygens (including phenoxy) is 1. The van der Waals surface area contributed by atoms with Crippen molar-refractivity contribution in [2.24, 2.45) is 5.92 Å². The monoisotopic (exact) mass is 446 g/mol. The maximum absolute atomic E-state index is 13.4. The minimum atomic E-state index is -0.000732. The van der Waals surface area contributed by atoms with E-state index in [1.54, 1.807) is 6.20 Å². The van der Waals surface area contributed by atoms with Crippen molar-refractivity contribution in [3.8, 4) is 5.75 Å². The Kier molecular flexibility index (Phi) is 6.01. The number of nitrogens with zero attached hydrogens (tertiary/aromatic N) is 6. The molecule has 1 amide bonds. The molecule has 0 radical (unpaired) electrons. The number of rotatable bonds is 6. The summed E-state index contributed by atoms with van der Waals surface area (Å²) in [6, 6.07) is 7.36. The van der Waals surface area contributed by atoms with Crippen molar-refractivity contribution < 1.29 is 14.2 Å². The molecule has 0 bridgehead atoms. The van der Waals surface area contributed by atoms with Crippen molar-refractivity contribution in [3.05, 3.63) is 71.7 Å². The summed E-state index contributed by atoms with van der Waals surface area (Å²) in [6.07, 6.45) is 11.5. The lowest BCUT2D eigenvalue weighted by atomic mass is 9.95. The first-order chi connectivity index (χ1) is 16.2. The zero-order valence-electron chi connectivity index (χ0n) is 18.6. The van der Waals surface area contributed by atoms with Gasteiger partial charge in [0.05, 0.1) is 17.5 Å². The minimum Gasteiger partial charge on any atom is -0.486 e. The van der Waals surface area contributed by atoms with E-state index in [0.29, 0.717) is 28.6 Å². The van der Waals surface area contributed by atoms with Gasteiger partial charge in [-0.1, -0.05) is 22.4 Å². The Morgan fingerprint density at radius 1 is 1.18 bits per heavy atom. The third kappa shape index (κ3) is 4.72. The number of likely N-dealkylation sites (tertiary alicyclic amines) is 1. The molecule has 0 aliphatic carbocycles. The number of fused-ring (bicyclic) bond motifs is 1. The second-order valence-electron chi connectivity index (χ2n) is 8.45. The van der Waals surface area contributed by atoms with Gasteiger partial charge >= 0.3 is 0 Å². The van der Waals surface area contributed by atoms with Gasteiger partial charge < -0.3 is 14.0 Å². The number of para-hydroxylation sites is 1. The number of carbonyl (C=O) groups excluding carboxylic acids is 1. The zero-order chi connectivity index (χ0) is 22.6. The third-order valence-electron chi connectivity index (χ3n) is 6.19. The molecular weight excluding hydrogens is 420 g/mol. The smallest absolute Gasteiger partial charge is 0.257 e. The van der Waals surface area contributed by atoms with Crippen molar-refractivity contribution in [2.75, 3.05) is 13.1 Å². The number of aryl methyl sites for hydroxylation is 1. The number of aromatic nitrogens is 5. The Bertz CT molecular complexity index is 1250. The molecule has 4 heterocycles. The van der Waals surface area contributed by atoms with Gasteiger partial charge in [0.1, 0.15) is 23.7 Å². The van der Waals surface area contributed by atoms with Gasteiger partial charge in [-0.05, 0) is 50.7 Å². The molecule has 9 heteroatoms. The van der Waals surface area contributed by atoms with Gasteiger partial charge in [0.2, 0.25) is 0 Å². The van der Waals surface area contributed by atoms with E-state index in [1.165, 1.54) is 0 Å². The number of hydrogen-bond donors (Lipinski definition) is 0. The van der Waals surface area contributed by atoms with Crippen LogP contribution in [0.3, 0.4) is 0 Å². The summed E-state index contributed by atoms with van der Waals surface area (Å²) in [5, 5.41) is 7.62. The molecule has 1 aliphatic rings. The highest BCUT2D eigenvalue weighted by Crippen LogP contribution is 2.26. The fraction of sp³-hybridized carbons (Fsp3) is 0.375. The van der Waals surface area contributed by atoms with Crippen molar-refractivity contribution in [3.63, 3.8) is 0 Å². The molecule has 1 fully saturated rings. The zero-order valence-corrected chi connectivity index (χ0v) is 18.6. The Hall–Kier alpha value is -3.75. The van der Waals surface area contributed by atoms with Gasteiger partial charge in [-0.15, -0.1) is 0 Å². The van der Waals surface area contributed by atoms with Crippen LogP contribution in [-0.4, -0.2) is 48.6 Å². The lowest BCUT2D eigenvalue weighted by Gasteiger charge is -2.22. The Labute approximate surface area is 191 Å². The first kappa shape index (κ1) is 21.1. The SMILES string of the molecule is Cc1nonc1COc1ccccc1C(=O)N1CCC[C@@H](Cc2cn3ccnc3cn2)CC1. The average molecular weight is 447 g/mol. The molecule has 1 aromatic carbocycles. The minimum absolute atomic E-state index is 0.000732. The fourth-order valence-electron chi connectivity index (χ4n) is 4.31. The van der Waals surface area contributed by atoms with Crippen LogP contribution in [0.5, 0.6) is 5.75 Å². The van der Waals surface area contributed by atoms with E-state index in [2.05, 4.69) is 26.5 Å². The van der Waals surface area contributed by atoms with Crippen molar-refractivity contribution >= 4 is 11.6 Å².